The third-order valence-electron chi connectivity index (χ3n) is 2.88. The molecule has 0 aliphatic heterocycles. The van der Waals surface area contributed by atoms with Crippen molar-refractivity contribution >= 4 is 0 Å². The second-order valence-electron chi connectivity index (χ2n) is 4.62. The molecule has 0 aliphatic rings. The van der Waals surface area contributed by atoms with E-state index < -0.39 is 0 Å². The lowest BCUT2D eigenvalue weighted by molar-refractivity contribution is 0.445. The number of hydrogen-bond acceptors (Lipinski definition) is 1. The maximum atomic E-state index is 5.75. The molecule has 0 radical (unpaired) electrons. The van der Waals surface area contributed by atoms with E-state index in [0.717, 1.165) is 12.3 Å². The SMILES string of the molecule is CCC(C)CC(N)CC.CCCCCC. The first-order valence-electron chi connectivity index (χ1n) is 6.87. The van der Waals surface area contributed by atoms with Gasteiger partial charge in [0.2, 0.25) is 0 Å². The van der Waals surface area contributed by atoms with Crippen molar-refractivity contribution in [1.29, 1.82) is 0 Å². The third-order valence-corrected chi connectivity index (χ3v) is 2.88. The fourth-order valence-electron chi connectivity index (χ4n) is 1.35. The van der Waals surface area contributed by atoms with Crippen molar-refractivity contribution in [2.24, 2.45) is 11.7 Å². The number of hydrogen-bond donors (Lipinski definition) is 1. The van der Waals surface area contributed by atoms with Crippen LogP contribution in [0.15, 0.2) is 0 Å². The summed E-state index contributed by atoms with van der Waals surface area (Å²) in [5.41, 5.74) is 5.75. The van der Waals surface area contributed by atoms with Gasteiger partial charge in [0.1, 0.15) is 0 Å². The molecule has 2 unspecified atom stereocenters. The summed E-state index contributed by atoms with van der Waals surface area (Å²) in [6, 6.07) is 0.431. The van der Waals surface area contributed by atoms with E-state index in [1.54, 1.807) is 0 Å². The average Bonchev–Trinajstić information content (AvgIpc) is 2.26. The minimum Gasteiger partial charge on any atom is -0.328 e. The zero-order chi connectivity index (χ0) is 12.1. The molecule has 0 aromatic rings. The minimum absolute atomic E-state index is 0.431. The van der Waals surface area contributed by atoms with Gasteiger partial charge in [0.25, 0.3) is 0 Å². The van der Waals surface area contributed by atoms with Crippen LogP contribution in [0.5, 0.6) is 0 Å². The Balaban J connectivity index is 0. The number of nitrogens with two attached hydrogens (primary N) is 1. The zero-order valence-electron chi connectivity index (χ0n) is 11.7. The van der Waals surface area contributed by atoms with E-state index >= 15 is 0 Å². The predicted octanol–water partition coefficient (Wildman–Crippen LogP) is 4.75. The molecule has 0 rings (SSSR count). The van der Waals surface area contributed by atoms with Crippen molar-refractivity contribution in [3.8, 4) is 0 Å². The summed E-state index contributed by atoms with van der Waals surface area (Å²) in [5.74, 6) is 0.806. The van der Waals surface area contributed by atoms with Crippen LogP contribution in [0.25, 0.3) is 0 Å². The molecule has 2 atom stereocenters. The molecule has 0 bridgehead atoms. The maximum Gasteiger partial charge on any atom is 0.00387 e. The highest BCUT2D eigenvalue weighted by Crippen LogP contribution is 2.09. The van der Waals surface area contributed by atoms with Crippen molar-refractivity contribution in [2.45, 2.75) is 85.6 Å². The highest BCUT2D eigenvalue weighted by atomic mass is 14.6. The van der Waals surface area contributed by atoms with Gasteiger partial charge in [-0.25, -0.2) is 0 Å². The second kappa shape index (κ2) is 14.0. The largest absolute Gasteiger partial charge is 0.328 e. The molecule has 94 valence electrons. The summed E-state index contributed by atoms with van der Waals surface area (Å²) in [7, 11) is 0. The quantitative estimate of drug-likeness (QED) is 0.610. The van der Waals surface area contributed by atoms with Crippen LogP contribution in [0.1, 0.15) is 79.6 Å². The Morgan fingerprint density at radius 1 is 0.867 bits per heavy atom. The number of unbranched alkanes of at least 4 members (excludes halogenated alkanes) is 3. The molecule has 0 aromatic heterocycles. The lowest BCUT2D eigenvalue weighted by atomic mass is 9.99. The van der Waals surface area contributed by atoms with Crippen LogP contribution in [-0.2, 0) is 0 Å². The molecule has 0 aliphatic carbocycles. The summed E-state index contributed by atoms with van der Waals surface area (Å²) in [4.78, 5) is 0. The van der Waals surface area contributed by atoms with E-state index in [1.807, 2.05) is 0 Å². The van der Waals surface area contributed by atoms with Gasteiger partial charge in [0.05, 0.1) is 0 Å². The predicted molar refractivity (Wildman–Crippen MR) is 72.2 cm³/mol. The van der Waals surface area contributed by atoms with E-state index in [0.29, 0.717) is 6.04 Å². The first-order valence-corrected chi connectivity index (χ1v) is 6.87. The van der Waals surface area contributed by atoms with Gasteiger partial charge in [-0.1, -0.05) is 66.7 Å². The molecule has 0 amide bonds. The Morgan fingerprint density at radius 3 is 1.60 bits per heavy atom. The molecule has 0 aromatic carbocycles. The smallest absolute Gasteiger partial charge is 0.00387 e. The molecule has 1 heteroatoms. The van der Waals surface area contributed by atoms with Gasteiger partial charge in [-0.15, -0.1) is 0 Å². The van der Waals surface area contributed by atoms with Gasteiger partial charge in [-0.3, -0.25) is 0 Å². The summed E-state index contributed by atoms with van der Waals surface area (Å²) >= 11 is 0. The highest BCUT2D eigenvalue weighted by Gasteiger charge is 2.03. The standard InChI is InChI=1S/C8H19N.C6H14/c1-4-7(3)6-8(9)5-2;1-3-5-6-4-2/h7-8H,4-6,9H2,1-3H3;3-6H2,1-2H3. The van der Waals surface area contributed by atoms with Crippen molar-refractivity contribution < 1.29 is 0 Å². The van der Waals surface area contributed by atoms with Gasteiger partial charge < -0.3 is 5.73 Å². The lowest BCUT2D eigenvalue weighted by Crippen LogP contribution is -2.21. The fraction of sp³-hybridized carbons (Fsp3) is 1.00. The molecule has 2 N–H and O–H groups in total. The molecule has 0 saturated heterocycles. The summed E-state index contributed by atoms with van der Waals surface area (Å²) in [5, 5.41) is 0. The Morgan fingerprint density at radius 2 is 1.33 bits per heavy atom. The monoisotopic (exact) mass is 215 g/mol. The van der Waals surface area contributed by atoms with Gasteiger partial charge in [-0.05, 0) is 18.8 Å². The highest BCUT2D eigenvalue weighted by molar-refractivity contribution is 4.61. The van der Waals surface area contributed by atoms with Gasteiger partial charge in [-0.2, -0.15) is 0 Å². The van der Waals surface area contributed by atoms with Crippen LogP contribution < -0.4 is 5.73 Å². The molecule has 0 fully saturated rings. The Labute approximate surface area is 97.8 Å². The van der Waals surface area contributed by atoms with E-state index in [9.17, 15) is 0 Å². The maximum absolute atomic E-state index is 5.75. The van der Waals surface area contributed by atoms with Crippen LogP contribution in [0.2, 0.25) is 0 Å². The zero-order valence-corrected chi connectivity index (χ0v) is 11.7. The van der Waals surface area contributed by atoms with Crippen molar-refractivity contribution in [2.75, 3.05) is 0 Å². The summed E-state index contributed by atoms with van der Waals surface area (Å²) in [6.45, 7) is 11.1. The molecule has 15 heavy (non-hydrogen) atoms. The second-order valence-corrected chi connectivity index (χ2v) is 4.62. The van der Waals surface area contributed by atoms with Crippen LogP contribution in [-0.4, -0.2) is 6.04 Å². The van der Waals surface area contributed by atoms with E-state index in [-0.39, 0.29) is 0 Å². The average molecular weight is 215 g/mol. The first kappa shape index (κ1) is 17.4. The Hall–Kier alpha value is -0.0400. The van der Waals surface area contributed by atoms with Crippen LogP contribution in [0, 0.1) is 5.92 Å². The molecular formula is C14H33N. The molecule has 0 heterocycles. The van der Waals surface area contributed by atoms with Crippen molar-refractivity contribution in [1.82, 2.24) is 0 Å². The molecule has 0 spiro atoms. The van der Waals surface area contributed by atoms with E-state index in [2.05, 4.69) is 34.6 Å². The first-order chi connectivity index (χ1) is 7.12. The van der Waals surface area contributed by atoms with Crippen LogP contribution >= 0.6 is 0 Å². The van der Waals surface area contributed by atoms with Gasteiger partial charge >= 0.3 is 0 Å². The van der Waals surface area contributed by atoms with Crippen molar-refractivity contribution in [3.63, 3.8) is 0 Å². The van der Waals surface area contributed by atoms with Crippen molar-refractivity contribution in [3.05, 3.63) is 0 Å². The topological polar surface area (TPSA) is 26.0 Å². The van der Waals surface area contributed by atoms with E-state index in [1.165, 1.54) is 38.5 Å². The van der Waals surface area contributed by atoms with Crippen LogP contribution in [0.3, 0.4) is 0 Å². The summed E-state index contributed by atoms with van der Waals surface area (Å²) in [6.07, 6.45) is 9.10. The Kier molecular flexibility index (Phi) is 16.2. The number of rotatable bonds is 7. The van der Waals surface area contributed by atoms with Gasteiger partial charge in [0.15, 0.2) is 0 Å². The lowest BCUT2D eigenvalue weighted by Gasteiger charge is -2.12. The third kappa shape index (κ3) is 16.6. The normalized spacial score (nSPS) is 14.0. The van der Waals surface area contributed by atoms with E-state index in [4.69, 9.17) is 5.73 Å². The van der Waals surface area contributed by atoms with Crippen LogP contribution in [0.4, 0.5) is 0 Å². The molecular weight excluding hydrogens is 182 g/mol. The van der Waals surface area contributed by atoms with Gasteiger partial charge in [0, 0.05) is 6.04 Å². The summed E-state index contributed by atoms with van der Waals surface area (Å²) < 4.78 is 0. The fourth-order valence-corrected chi connectivity index (χ4v) is 1.35. The minimum atomic E-state index is 0.431. The molecule has 1 nitrogen and oxygen atoms in total. The Bertz CT molecular complexity index is 89.5. The molecule has 0 saturated carbocycles.